The maximum atomic E-state index is 13.8. The Hall–Kier alpha value is -3.32. The summed E-state index contributed by atoms with van der Waals surface area (Å²) in [5.41, 5.74) is 0.0215. The largest absolute Gasteiger partial charge is 0.511 e. The zero-order valence-corrected chi connectivity index (χ0v) is 20.8. The third-order valence-electron chi connectivity index (χ3n) is 7.45. The number of fused-ring (bicyclic) bond motifs is 6. The van der Waals surface area contributed by atoms with Crippen LogP contribution >= 0.6 is 0 Å². The van der Waals surface area contributed by atoms with E-state index < -0.39 is 26.0 Å². The Kier molecular flexibility index (Phi) is 5.03. The van der Waals surface area contributed by atoms with Crippen LogP contribution < -0.4 is 10.0 Å². The molecular formula is C23H24N4O7S2. The van der Waals surface area contributed by atoms with Gasteiger partial charge in [0.1, 0.15) is 22.0 Å². The van der Waals surface area contributed by atoms with Crippen LogP contribution in [0.5, 0.6) is 0 Å². The Morgan fingerprint density at radius 1 is 1.25 bits per heavy atom. The van der Waals surface area contributed by atoms with E-state index in [1.54, 1.807) is 17.0 Å². The highest BCUT2D eigenvalue weighted by molar-refractivity contribution is 7.92. The number of hydrogen-bond acceptors (Lipinski definition) is 8. The Bertz CT molecular complexity index is 1540. The maximum Gasteiger partial charge on any atom is 0.286 e. The number of aliphatic hydroxyl groups is 1. The molecule has 4 aliphatic rings. The molecule has 2 aromatic rings. The first-order chi connectivity index (χ1) is 17.0. The van der Waals surface area contributed by atoms with Crippen molar-refractivity contribution < 1.29 is 31.2 Å². The van der Waals surface area contributed by atoms with E-state index >= 15 is 0 Å². The molecule has 2 bridgehead atoms. The molecule has 11 nitrogen and oxygen atoms in total. The molecule has 0 saturated heterocycles. The number of sulfonamides is 2. The number of hydrogen-bond donors (Lipinski definition) is 3. The highest BCUT2D eigenvalue weighted by Crippen LogP contribution is 2.55. The van der Waals surface area contributed by atoms with E-state index in [0.717, 1.165) is 31.6 Å². The Morgan fingerprint density at radius 2 is 2.03 bits per heavy atom. The average molecular weight is 533 g/mol. The van der Waals surface area contributed by atoms with E-state index in [2.05, 4.69) is 14.4 Å². The van der Waals surface area contributed by atoms with E-state index in [1.807, 2.05) is 0 Å². The van der Waals surface area contributed by atoms with E-state index in [0.29, 0.717) is 5.76 Å². The van der Waals surface area contributed by atoms with E-state index in [9.17, 15) is 26.7 Å². The van der Waals surface area contributed by atoms with Gasteiger partial charge in [-0.05, 0) is 61.4 Å². The molecule has 0 unspecified atom stereocenters. The molecule has 2 saturated carbocycles. The van der Waals surface area contributed by atoms with Gasteiger partial charge in [-0.1, -0.05) is 0 Å². The third kappa shape index (κ3) is 3.68. The molecule has 2 aliphatic carbocycles. The number of nitrogens with one attached hydrogen (secondary N) is 2. The number of carbonyl (C=O) groups excluding carboxylic acids is 1. The van der Waals surface area contributed by atoms with Gasteiger partial charge in [-0.2, -0.15) is 8.42 Å². The van der Waals surface area contributed by atoms with Crippen molar-refractivity contribution in [2.24, 2.45) is 22.2 Å². The minimum absolute atomic E-state index is 0.0607. The lowest BCUT2D eigenvalue weighted by Gasteiger charge is -2.43. The molecule has 3 N–H and O–H groups in total. The van der Waals surface area contributed by atoms with Gasteiger partial charge in [-0.3, -0.25) is 9.52 Å². The quantitative estimate of drug-likeness (QED) is 0.530. The molecule has 2 fully saturated rings. The van der Waals surface area contributed by atoms with E-state index in [-0.39, 0.29) is 63.8 Å². The van der Waals surface area contributed by atoms with Crippen LogP contribution in [0.15, 0.2) is 61.6 Å². The summed E-state index contributed by atoms with van der Waals surface area (Å²) in [6.45, 7) is 0.199. The lowest BCUT2D eigenvalue weighted by Crippen LogP contribution is -2.53. The van der Waals surface area contributed by atoms with Crippen LogP contribution in [0.4, 0.5) is 11.4 Å². The van der Waals surface area contributed by atoms with Crippen LogP contribution in [-0.4, -0.2) is 50.9 Å². The van der Waals surface area contributed by atoms with Crippen LogP contribution in [-0.2, 0) is 31.4 Å². The fraction of sp³-hybridized carbons (Fsp3) is 0.391. The summed E-state index contributed by atoms with van der Waals surface area (Å²) in [7, 11) is -7.93. The predicted octanol–water partition coefficient (Wildman–Crippen LogP) is 2.43. The molecule has 0 spiro atoms. The molecule has 6 rings (SSSR count). The fourth-order valence-electron chi connectivity index (χ4n) is 6.16. The molecule has 1 aromatic heterocycles. The highest BCUT2D eigenvalue weighted by atomic mass is 32.2. The first-order valence-electron chi connectivity index (χ1n) is 11.5. The summed E-state index contributed by atoms with van der Waals surface area (Å²) in [5.74, 6) is -0.158. The van der Waals surface area contributed by atoms with Gasteiger partial charge in [0.15, 0.2) is 5.84 Å². The second-order valence-corrected chi connectivity index (χ2v) is 13.1. The van der Waals surface area contributed by atoms with E-state index in [4.69, 9.17) is 4.42 Å². The lowest BCUT2D eigenvalue weighted by molar-refractivity contribution is -0.134. The second kappa shape index (κ2) is 7.84. The average Bonchev–Trinajstić information content (AvgIpc) is 3.54. The first kappa shape index (κ1) is 23.1. The van der Waals surface area contributed by atoms with Crippen LogP contribution in [0.3, 0.4) is 0 Å². The Labute approximate surface area is 208 Å². The number of amidine groups is 1. The predicted molar refractivity (Wildman–Crippen MR) is 130 cm³/mol. The van der Waals surface area contributed by atoms with Crippen LogP contribution in [0.25, 0.3) is 0 Å². The van der Waals surface area contributed by atoms with Crippen molar-refractivity contribution in [2.45, 2.75) is 36.7 Å². The molecule has 36 heavy (non-hydrogen) atoms. The zero-order chi connectivity index (χ0) is 25.4. The van der Waals surface area contributed by atoms with Gasteiger partial charge in [-0.25, -0.2) is 8.42 Å². The topological polar surface area (TPSA) is 158 Å². The van der Waals surface area contributed by atoms with Crippen molar-refractivity contribution in [3.63, 3.8) is 0 Å². The standard InChI is InChI=1S/C23H24N4O7S2/c1-35(30,31)25-14-6-7-16-17(10-14)36(32,33)26-22(24-16)19-21(28)18-12-4-5-13(9-12)20(18)27(23(19)29)11-15-3-2-8-34-15/h2-3,6-8,10,12-13,18,20,25,28H,4-5,9,11H2,1H3,(H,24,26)/t12-,13+,18-,20+/m1/s1. The van der Waals surface area contributed by atoms with Crippen molar-refractivity contribution in [1.29, 1.82) is 0 Å². The number of benzene rings is 1. The fourth-order valence-corrected chi connectivity index (χ4v) is 7.87. The maximum absolute atomic E-state index is 13.8. The van der Waals surface area contributed by atoms with Gasteiger partial charge in [0, 0.05) is 17.6 Å². The van der Waals surface area contributed by atoms with Gasteiger partial charge in [-0.15, -0.1) is 4.40 Å². The zero-order valence-electron chi connectivity index (χ0n) is 19.2. The van der Waals surface area contributed by atoms with Crippen LogP contribution in [0.2, 0.25) is 0 Å². The van der Waals surface area contributed by atoms with Crippen molar-refractivity contribution >= 4 is 43.2 Å². The van der Waals surface area contributed by atoms with Gasteiger partial charge >= 0.3 is 0 Å². The number of amides is 1. The highest BCUT2D eigenvalue weighted by Gasteiger charge is 2.57. The van der Waals surface area contributed by atoms with Crippen molar-refractivity contribution in [2.75, 3.05) is 16.3 Å². The van der Waals surface area contributed by atoms with Crippen LogP contribution in [0.1, 0.15) is 25.0 Å². The number of carbonyl (C=O) groups is 1. The number of anilines is 2. The molecule has 1 amide bonds. The van der Waals surface area contributed by atoms with Gasteiger partial charge < -0.3 is 19.7 Å². The number of furan rings is 1. The van der Waals surface area contributed by atoms with Crippen molar-refractivity contribution in [1.82, 2.24) is 4.90 Å². The molecule has 1 aromatic carbocycles. The molecule has 13 heteroatoms. The third-order valence-corrected chi connectivity index (χ3v) is 9.37. The van der Waals surface area contributed by atoms with Gasteiger partial charge in [0.2, 0.25) is 10.0 Å². The summed E-state index contributed by atoms with van der Waals surface area (Å²) < 4.78 is 60.9. The molecular weight excluding hydrogens is 508 g/mol. The molecule has 4 atom stereocenters. The smallest absolute Gasteiger partial charge is 0.286 e. The summed E-state index contributed by atoms with van der Waals surface area (Å²) in [6.07, 6.45) is 5.28. The van der Waals surface area contributed by atoms with Crippen LogP contribution in [0, 0.1) is 17.8 Å². The van der Waals surface area contributed by atoms with Crippen molar-refractivity contribution in [3.05, 3.63) is 53.7 Å². The van der Waals surface area contributed by atoms with Gasteiger partial charge in [0.05, 0.1) is 24.8 Å². The normalized spacial score (nSPS) is 28.4. The number of nitrogens with zero attached hydrogens (tertiary/aromatic N) is 2. The monoisotopic (exact) mass is 532 g/mol. The minimum atomic E-state index is -4.31. The summed E-state index contributed by atoms with van der Waals surface area (Å²) in [5, 5.41) is 14.2. The van der Waals surface area contributed by atoms with Gasteiger partial charge in [0.25, 0.3) is 15.9 Å². The summed E-state index contributed by atoms with van der Waals surface area (Å²) in [6, 6.07) is 7.26. The molecule has 3 heterocycles. The second-order valence-electron chi connectivity index (χ2n) is 9.75. The SMILES string of the molecule is CS(=O)(=O)Nc1ccc2c(c1)S(=O)(=O)N=C(C1=C(O)[C@@H]3[C@@H]4CC[C@@H](C4)[C@@H]3N(Cc3ccco3)C1=O)N2. The number of aliphatic hydroxyl groups excluding tert-OH is 1. The Balaban J connectivity index is 1.42. The molecule has 2 aliphatic heterocycles. The van der Waals surface area contributed by atoms with E-state index in [1.165, 1.54) is 18.4 Å². The summed E-state index contributed by atoms with van der Waals surface area (Å²) >= 11 is 0. The lowest BCUT2D eigenvalue weighted by atomic mass is 9.78. The Morgan fingerprint density at radius 3 is 2.75 bits per heavy atom. The first-order valence-corrected chi connectivity index (χ1v) is 14.9. The molecule has 0 radical (unpaired) electrons. The summed E-state index contributed by atoms with van der Waals surface area (Å²) in [4.78, 5) is 15.2. The molecule has 190 valence electrons. The van der Waals surface area contributed by atoms with Crippen molar-refractivity contribution in [3.8, 4) is 0 Å². The minimum Gasteiger partial charge on any atom is -0.511 e. The number of rotatable bonds is 5.